The molecule has 4 nitrogen and oxygen atoms in total. The maximum absolute atomic E-state index is 5.38. The highest BCUT2D eigenvalue weighted by Gasteiger charge is 2.10. The average Bonchev–Trinajstić information content (AvgIpc) is 3.02. The number of methoxy groups -OCH3 is 1. The van der Waals surface area contributed by atoms with Gasteiger partial charge >= 0.3 is 0 Å². The van der Waals surface area contributed by atoms with Gasteiger partial charge in [0, 0.05) is 23.5 Å². The minimum Gasteiger partial charge on any atom is -0.496 e. The van der Waals surface area contributed by atoms with E-state index in [9.17, 15) is 0 Å². The van der Waals surface area contributed by atoms with E-state index in [1.54, 1.807) is 42.6 Å². The van der Waals surface area contributed by atoms with Gasteiger partial charge in [-0.2, -0.15) is 0 Å². The van der Waals surface area contributed by atoms with Crippen molar-refractivity contribution < 1.29 is 4.74 Å². The van der Waals surface area contributed by atoms with Crippen LogP contribution in [0.15, 0.2) is 53.3 Å². The fourth-order valence-electron chi connectivity index (χ4n) is 1.82. The van der Waals surface area contributed by atoms with Crippen molar-refractivity contribution in [3.8, 4) is 16.3 Å². The van der Waals surface area contributed by atoms with Crippen LogP contribution in [0.3, 0.4) is 0 Å². The largest absolute Gasteiger partial charge is 0.496 e. The van der Waals surface area contributed by atoms with Gasteiger partial charge in [-0.15, -0.1) is 11.3 Å². The lowest BCUT2D eigenvalue weighted by molar-refractivity contribution is 0.416. The predicted octanol–water partition coefficient (Wildman–Crippen LogP) is 3.90. The number of thiazole rings is 1. The first-order valence-electron chi connectivity index (χ1n) is 6.34. The average molecular weight is 315 g/mol. The molecule has 0 saturated heterocycles. The number of para-hydroxylation sites is 1. The Balaban J connectivity index is 1.74. The van der Waals surface area contributed by atoms with Crippen LogP contribution in [-0.2, 0) is 5.75 Å². The third kappa shape index (κ3) is 3.40. The normalized spacial score (nSPS) is 10.5. The molecule has 0 spiro atoms. The van der Waals surface area contributed by atoms with Crippen LogP contribution < -0.4 is 4.74 Å². The second-order valence-electron chi connectivity index (χ2n) is 4.16. The van der Waals surface area contributed by atoms with Crippen molar-refractivity contribution in [2.45, 2.75) is 10.9 Å². The monoisotopic (exact) mass is 315 g/mol. The summed E-state index contributed by atoms with van der Waals surface area (Å²) in [6.45, 7) is 0. The summed E-state index contributed by atoms with van der Waals surface area (Å²) >= 11 is 3.20. The zero-order valence-electron chi connectivity index (χ0n) is 11.4. The highest BCUT2D eigenvalue weighted by Crippen LogP contribution is 2.32. The summed E-state index contributed by atoms with van der Waals surface area (Å²) < 4.78 is 5.38. The van der Waals surface area contributed by atoms with Crippen molar-refractivity contribution in [1.82, 2.24) is 15.0 Å². The van der Waals surface area contributed by atoms with Crippen molar-refractivity contribution >= 4 is 23.1 Å². The van der Waals surface area contributed by atoms with Gasteiger partial charge in [0.15, 0.2) is 5.16 Å². The van der Waals surface area contributed by atoms with E-state index in [0.717, 1.165) is 32.9 Å². The fraction of sp³-hybridized carbons (Fsp3) is 0.133. The Labute approximate surface area is 131 Å². The molecular formula is C15H13N3OS2. The molecule has 0 unspecified atom stereocenters. The molecule has 1 aromatic carbocycles. The first-order valence-corrected chi connectivity index (χ1v) is 8.21. The van der Waals surface area contributed by atoms with Crippen LogP contribution in [0.5, 0.6) is 5.75 Å². The number of rotatable bonds is 5. The van der Waals surface area contributed by atoms with Crippen LogP contribution >= 0.6 is 23.1 Å². The van der Waals surface area contributed by atoms with E-state index in [0.29, 0.717) is 0 Å². The van der Waals surface area contributed by atoms with Crippen molar-refractivity contribution in [2.75, 3.05) is 7.11 Å². The molecule has 0 radical (unpaired) electrons. The molecular weight excluding hydrogens is 302 g/mol. The molecule has 2 aromatic heterocycles. The molecule has 0 bridgehead atoms. The Kier molecular flexibility index (Phi) is 4.47. The Morgan fingerprint density at radius 2 is 1.95 bits per heavy atom. The molecule has 2 heterocycles. The summed E-state index contributed by atoms with van der Waals surface area (Å²) in [5, 5.41) is 3.80. The lowest BCUT2D eigenvalue weighted by atomic mass is 10.2. The number of ether oxygens (including phenoxy) is 1. The van der Waals surface area contributed by atoms with Gasteiger partial charge in [0.05, 0.1) is 18.4 Å². The van der Waals surface area contributed by atoms with Crippen molar-refractivity contribution in [1.29, 1.82) is 0 Å². The fourth-order valence-corrected chi connectivity index (χ4v) is 3.47. The van der Waals surface area contributed by atoms with Gasteiger partial charge in [-0.1, -0.05) is 23.9 Å². The lowest BCUT2D eigenvalue weighted by Gasteiger charge is -2.04. The Morgan fingerprint density at radius 3 is 2.76 bits per heavy atom. The van der Waals surface area contributed by atoms with Gasteiger partial charge in [0.25, 0.3) is 0 Å². The van der Waals surface area contributed by atoms with E-state index in [1.165, 1.54) is 0 Å². The first kappa shape index (κ1) is 14.0. The van der Waals surface area contributed by atoms with Crippen molar-refractivity contribution in [3.05, 3.63) is 53.8 Å². The molecule has 6 heteroatoms. The van der Waals surface area contributed by atoms with Crippen LogP contribution in [0.2, 0.25) is 0 Å². The van der Waals surface area contributed by atoms with E-state index in [-0.39, 0.29) is 0 Å². The third-order valence-electron chi connectivity index (χ3n) is 2.78. The predicted molar refractivity (Wildman–Crippen MR) is 85.7 cm³/mol. The minimum atomic E-state index is 0.760. The zero-order valence-corrected chi connectivity index (χ0v) is 13.0. The number of hydrogen-bond donors (Lipinski definition) is 0. The number of thioether (sulfide) groups is 1. The summed E-state index contributed by atoms with van der Waals surface area (Å²) in [4.78, 5) is 13.1. The van der Waals surface area contributed by atoms with Gasteiger partial charge in [-0.25, -0.2) is 15.0 Å². The Morgan fingerprint density at radius 1 is 1.14 bits per heavy atom. The summed E-state index contributed by atoms with van der Waals surface area (Å²) in [5.74, 6) is 1.60. The second-order valence-corrected chi connectivity index (χ2v) is 5.96. The highest BCUT2D eigenvalue weighted by atomic mass is 32.2. The molecule has 0 saturated carbocycles. The van der Waals surface area contributed by atoms with Crippen LogP contribution in [0.25, 0.3) is 10.6 Å². The van der Waals surface area contributed by atoms with Crippen LogP contribution in [0.1, 0.15) is 5.69 Å². The third-order valence-corrected chi connectivity index (χ3v) is 4.61. The smallest absolute Gasteiger partial charge is 0.187 e. The summed E-state index contributed by atoms with van der Waals surface area (Å²) in [6.07, 6.45) is 3.49. The first-order chi connectivity index (χ1) is 10.4. The number of benzene rings is 1. The molecule has 0 amide bonds. The summed E-state index contributed by atoms with van der Waals surface area (Å²) in [5.41, 5.74) is 2.05. The number of nitrogens with zero attached hydrogens (tertiary/aromatic N) is 3. The van der Waals surface area contributed by atoms with Gasteiger partial charge in [-0.05, 0) is 18.2 Å². The van der Waals surface area contributed by atoms with Crippen LogP contribution in [0.4, 0.5) is 0 Å². The molecule has 0 atom stereocenters. The molecule has 3 rings (SSSR count). The van der Waals surface area contributed by atoms with Gasteiger partial charge in [-0.3, -0.25) is 0 Å². The second kappa shape index (κ2) is 6.69. The molecule has 0 aliphatic heterocycles. The quantitative estimate of drug-likeness (QED) is 0.528. The Hall–Kier alpha value is -1.92. The molecule has 0 aliphatic carbocycles. The van der Waals surface area contributed by atoms with E-state index in [2.05, 4.69) is 20.3 Å². The van der Waals surface area contributed by atoms with Crippen molar-refractivity contribution in [2.24, 2.45) is 0 Å². The van der Waals surface area contributed by atoms with Crippen molar-refractivity contribution in [3.63, 3.8) is 0 Å². The molecule has 3 aromatic rings. The summed E-state index contributed by atoms with van der Waals surface area (Å²) in [6, 6.07) is 9.73. The standard InChI is InChI=1S/C15H13N3OS2/c1-19-13-6-3-2-5-12(13)14-18-11(9-20-14)10-21-15-16-7-4-8-17-15/h2-9H,10H2,1H3. The van der Waals surface area contributed by atoms with Gasteiger partial charge in [0.2, 0.25) is 0 Å². The van der Waals surface area contributed by atoms with E-state index < -0.39 is 0 Å². The SMILES string of the molecule is COc1ccccc1-c1nc(CSc2ncccn2)cs1. The molecule has 106 valence electrons. The van der Waals surface area contributed by atoms with E-state index in [1.807, 2.05) is 30.3 Å². The number of hydrogen-bond acceptors (Lipinski definition) is 6. The maximum atomic E-state index is 5.38. The molecule has 0 fully saturated rings. The maximum Gasteiger partial charge on any atom is 0.187 e. The van der Waals surface area contributed by atoms with Gasteiger partial charge in [0.1, 0.15) is 10.8 Å². The number of aromatic nitrogens is 3. The minimum absolute atomic E-state index is 0.760. The summed E-state index contributed by atoms with van der Waals surface area (Å²) in [7, 11) is 1.68. The molecule has 21 heavy (non-hydrogen) atoms. The van der Waals surface area contributed by atoms with Crippen LogP contribution in [-0.4, -0.2) is 22.1 Å². The van der Waals surface area contributed by atoms with E-state index >= 15 is 0 Å². The van der Waals surface area contributed by atoms with Crippen LogP contribution in [0, 0.1) is 0 Å². The molecule has 0 N–H and O–H groups in total. The van der Waals surface area contributed by atoms with E-state index in [4.69, 9.17) is 4.74 Å². The van der Waals surface area contributed by atoms with Gasteiger partial charge < -0.3 is 4.74 Å². The Bertz CT molecular complexity index is 716. The molecule has 0 aliphatic rings. The lowest BCUT2D eigenvalue weighted by Crippen LogP contribution is -1.88. The topological polar surface area (TPSA) is 47.9 Å². The zero-order chi connectivity index (χ0) is 14.5. The highest BCUT2D eigenvalue weighted by molar-refractivity contribution is 7.98.